The number of nitrogens with one attached hydrogen (secondary N) is 1. The van der Waals surface area contributed by atoms with Gasteiger partial charge in [-0.1, -0.05) is 37.5 Å². The molecule has 148 valence electrons. The second kappa shape index (κ2) is 8.87. The van der Waals surface area contributed by atoms with Gasteiger partial charge in [0, 0.05) is 31.2 Å². The number of amides is 2. The van der Waals surface area contributed by atoms with Crippen LogP contribution in [0.3, 0.4) is 0 Å². The van der Waals surface area contributed by atoms with Crippen molar-refractivity contribution in [2.45, 2.75) is 57.9 Å². The van der Waals surface area contributed by atoms with Gasteiger partial charge in [0.1, 0.15) is 0 Å². The third kappa shape index (κ3) is 4.70. The Balaban J connectivity index is 1.65. The molecule has 1 aromatic carbocycles. The standard InChI is InChI=1S/C22H33N3O2/c1-22(21(27)24-19(15-23)17-9-4-2-5-10-17)13-8-14-25(16-22)20(26)18-11-6-3-7-12-18/h3,6-7,11-12,17,19H,2,4-5,8-10,13-16,23H2,1H3,(H,24,27). The fourth-order valence-corrected chi connectivity index (χ4v) is 4.61. The molecule has 1 aliphatic heterocycles. The summed E-state index contributed by atoms with van der Waals surface area (Å²) in [5.41, 5.74) is 6.13. The number of carbonyl (C=O) groups excluding carboxylic acids is 2. The maximum absolute atomic E-state index is 13.1. The molecular formula is C22H33N3O2. The second-order valence-electron chi connectivity index (χ2n) is 8.47. The zero-order valence-electron chi connectivity index (χ0n) is 16.5. The van der Waals surface area contributed by atoms with Crippen LogP contribution in [0.1, 0.15) is 62.2 Å². The number of rotatable bonds is 5. The minimum atomic E-state index is -0.551. The van der Waals surface area contributed by atoms with Crippen LogP contribution in [0, 0.1) is 11.3 Å². The van der Waals surface area contributed by atoms with E-state index in [1.165, 1.54) is 19.3 Å². The van der Waals surface area contributed by atoms with Crippen LogP contribution in [-0.4, -0.2) is 42.4 Å². The zero-order chi connectivity index (χ0) is 19.3. The van der Waals surface area contributed by atoms with Gasteiger partial charge in [0.25, 0.3) is 5.91 Å². The van der Waals surface area contributed by atoms with E-state index in [1.54, 1.807) is 0 Å². The van der Waals surface area contributed by atoms with Crippen LogP contribution < -0.4 is 11.1 Å². The number of carbonyl (C=O) groups is 2. The Labute approximate surface area is 162 Å². The predicted molar refractivity (Wildman–Crippen MR) is 107 cm³/mol. The second-order valence-corrected chi connectivity index (χ2v) is 8.47. The van der Waals surface area contributed by atoms with Gasteiger partial charge in [0.15, 0.2) is 0 Å². The first-order chi connectivity index (χ1) is 13.0. The number of nitrogens with two attached hydrogens (primary N) is 1. The zero-order valence-corrected chi connectivity index (χ0v) is 16.5. The fourth-order valence-electron chi connectivity index (χ4n) is 4.61. The van der Waals surface area contributed by atoms with E-state index in [9.17, 15) is 9.59 Å². The van der Waals surface area contributed by atoms with Crippen LogP contribution >= 0.6 is 0 Å². The van der Waals surface area contributed by atoms with Gasteiger partial charge in [-0.2, -0.15) is 0 Å². The van der Waals surface area contributed by atoms with Crippen LogP contribution in [0.4, 0.5) is 0 Å². The van der Waals surface area contributed by atoms with Crippen molar-refractivity contribution in [3.63, 3.8) is 0 Å². The van der Waals surface area contributed by atoms with Crippen molar-refractivity contribution in [2.75, 3.05) is 19.6 Å². The molecule has 2 amide bonds. The highest BCUT2D eigenvalue weighted by Gasteiger charge is 2.40. The van der Waals surface area contributed by atoms with Crippen molar-refractivity contribution in [2.24, 2.45) is 17.1 Å². The molecule has 0 aromatic heterocycles. The van der Waals surface area contributed by atoms with E-state index in [2.05, 4.69) is 5.32 Å². The molecular weight excluding hydrogens is 338 g/mol. The molecule has 0 radical (unpaired) electrons. The highest BCUT2D eigenvalue weighted by Crippen LogP contribution is 2.32. The lowest BCUT2D eigenvalue weighted by molar-refractivity contribution is -0.133. The van der Waals surface area contributed by atoms with Crippen molar-refractivity contribution < 1.29 is 9.59 Å². The number of likely N-dealkylation sites (tertiary alicyclic amines) is 1. The van der Waals surface area contributed by atoms with E-state index in [0.717, 1.165) is 25.7 Å². The summed E-state index contributed by atoms with van der Waals surface area (Å²) in [7, 11) is 0. The quantitative estimate of drug-likeness (QED) is 0.835. The van der Waals surface area contributed by atoms with Gasteiger partial charge in [0.2, 0.25) is 5.91 Å². The number of hydrogen-bond acceptors (Lipinski definition) is 3. The number of piperidine rings is 1. The minimum Gasteiger partial charge on any atom is -0.351 e. The smallest absolute Gasteiger partial charge is 0.253 e. The van der Waals surface area contributed by atoms with Crippen LogP contribution in [-0.2, 0) is 4.79 Å². The lowest BCUT2D eigenvalue weighted by Gasteiger charge is -2.41. The summed E-state index contributed by atoms with van der Waals surface area (Å²) in [6.45, 7) is 3.65. The Morgan fingerprint density at radius 1 is 1.19 bits per heavy atom. The van der Waals surface area contributed by atoms with Gasteiger partial charge >= 0.3 is 0 Å². The molecule has 5 nitrogen and oxygen atoms in total. The van der Waals surface area contributed by atoms with Gasteiger partial charge in [0.05, 0.1) is 5.41 Å². The van der Waals surface area contributed by atoms with Gasteiger partial charge in [-0.05, 0) is 50.7 Å². The molecule has 1 aliphatic carbocycles. The largest absolute Gasteiger partial charge is 0.351 e. The maximum atomic E-state index is 13.1. The fraction of sp³-hybridized carbons (Fsp3) is 0.636. The van der Waals surface area contributed by atoms with E-state index < -0.39 is 5.41 Å². The molecule has 2 fully saturated rings. The summed E-state index contributed by atoms with van der Waals surface area (Å²) in [5, 5.41) is 3.24. The lowest BCUT2D eigenvalue weighted by atomic mass is 9.79. The predicted octanol–water partition coefficient (Wildman–Crippen LogP) is 2.95. The monoisotopic (exact) mass is 371 g/mol. The highest BCUT2D eigenvalue weighted by atomic mass is 16.2. The van der Waals surface area contributed by atoms with E-state index in [-0.39, 0.29) is 17.9 Å². The van der Waals surface area contributed by atoms with Crippen molar-refractivity contribution in [1.82, 2.24) is 10.2 Å². The van der Waals surface area contributed by atoms with Gasteiger partial charge in [-0.25, -0.2) is 0 Å². The Kier molecular flexibility index (Phi) is 6.53. The number of benzene rings is 1. The molecule has 3 rings (SSSR count). The summed E-state index contributed by atoms with van der Waals surface area (Å²) < 4.78 is 0. The SMILES string of the molecule is CC1(C(=O)NC(CN)C2CCCCC2)CCCN(C(=O)c2ccccc2)C1. The summed E-state index contributed by atoms with van der Waals surface area (Å²) in [4.78, 5) is 27.8. The van der Waals surface area contributed by atoms with Gasteiger partial charge in [-0.3, -0.25) is 9.59 Å². The Hall–Kier alpha value is -1.88. The maximum Gasteiger partial charge on any atom is 0.253 e. The van der Waals surface area contributed by atoms with Crippen LogP contribution in [0.5, 0.6) is 0 Å². The molecule has 2 unspecified atom stereocenters. The van der Waals surface area contributed by atoms with Crippen molar-refractivity contribution in [1.29, 1.82) is 0 Å². The molecule has 1 aromatic rings. The summed E-state index contributed by atoms with van der Waals surface area (Å²) >= 11 is 0. The average molecular weight is 372 g/mol. The van der Waals surface area contributed by atoms with Crippen molar-refractivity contribution in [3.8, 4) is 0 Å². The van der Waals surface area contributed by atoms with E-state index in [4.69, 9.17) is 5.73 Å². The van der Waals surface area contributed by atoms with Crippen LogP contribution in [0.2, 0.25) is 0 Å². The molecule has 1 saturated heterocycles. The first-order valence-electron chi connectivity index (χ1n) is 10.4. The Morgan fingerprint density at radius 3 is 2.56 bits per heavy atom. The van der Waals surface area contributed by atoms with Crippen molar-refractivity contribution >= 4 is 11.8 Å². The molecule has 1 saturated carbocycles. The lowest BCUT2D eigenvalue weighted by Crippen LogP contribution is -2.56. The van der Waals surface area contributed by atoms with E-state index in [1.807, 2.05) is 42.2 Å². The molecule has 0 spiro atoms. The molecule has 1 heterocycles. The topological polar surface area (TPSA) is 75.4 Å². The summed E-state index contributed by atoms with van der Waals surface area (Å²) in [5.74, 6) is 0.549. The Bertz CT molecular complexity index is 642. The average Bonchev–Trinajstić information content (AvgIpc) is 2.72. The van der Waals surface area contributed by atoms with Crippen LogP contribution in [0.25, 0.3) is 0 Å². The normalized spacial score (nSPS) is 25.0. The minimum absolute atomic E-state index is 0.0111. The molecule has 0 bridgehead atoms. The van der Waals surface area contributed by atoms with Gasteiger partial charge in [-0.15, -0.1) is 0 Å². The number of nitrogens with zero attached hydrogens (tertiary/aromatic N) is 1. The first kappa shape index (κ1) is 19.9. The third-order valence-electron chi connectivity index (χ3n) is 6.34. The molecule has 2 atom stereocenters. The van der Waals surface area contributed by atoms with E-state index >= 15 is 0 Å². The Morgan fingerprint density at radius 2 is 1.89 bits per heavy atom. The third-order valence-corrected chi connectivity index (χ3v) is 6.34. The summed E-state index contributed by atoms with van der Waals surface area (Å²) in [6, 6.07) is 9.37. The molecule has 5 heteroatoms. The number of hydrogen-bond donors (Lipinski definition) is 2. The van der Waals surface area contributed by atoms with E-state index in [0.29, 0.717) is 31.1 Å². The molecule has 27 heavy (non-hydrogen) atoms. The van der Waals surface area contributed by atoms with Gasteiger partial charge < -0.3 is 16.0 Å². The summed E-state index contributed by atoms with van der Waals surface area (Å²) in [6.07, 6.45) is 7.70. The highest BCUT2D eigenvalue weighted by molar-refractivity contribution is 5.95. The first-order valence-corrected chi connectivity index (χ1v) is 10.4. The molecule has 3 N–H and O–H groups in total. The molecule has 2 aliphatic rings. The van der Waals surface area contributed by atoms with Crippen molar-refractivity contribution in [3.05, 3.63) is 35.9 Å². The van der Waals surface area contributed by atoms with Crippen LogP contribution in [0.15, 0.2) is 30.3 Å².